The highest BCUT2D eigenvalue weighted by molar-refractivity contribution is 6.01. The van der Waals surface area contributed by atoms with Crippen molar-refractivity contribution in [2.24, 2.45) is 28.6 Å². The third-order valence-electron chi connectivity index (χ3n) is 11.7. The molecule has 5 aliphatic rings. The molecule has 1 aromatic carbocycles. The summed E-state index contributed by atoms with van der Waals surface area (Å²) in [6.07, 6.45) is 9.50. The van der Waals surface area contributed by atoms with Gasteiger partial charge < -0.3 is 35.1 Å². The zero-order chi connectivity index (χ0) is 30.3. The zero-order valence-corrected chi connectivity index (χ0v) is 24.6. The van der Waals surface area contributed by atoms with Gasteiger partial charge in [-0.05, 0) is 67.4 Å². The van der Waals surface area contributed by atoms with Gasteiger partial charge in [0.25, 0.3) is 0 Å². The third kappa shape index (κ3) is 3.95. The number of aliphatic hydroxyl groups is 3. The van der Waals surface area contributed by atoms with Crippen molar-refractivity contribution in [2.75, 3.05) is 12.3 Å². The first-order valence-electron chi connectivity index (χ1n) is 15.3. The monoisotopic (exact) mass is 588 g/mol. The summed E-state index contributed by atoms with van der Waals surface area (Å²) in [5, 5.41) is 31.8. The smallest absolute Gasteiger partial charge is 0.193 e. The van der Waals surface area contributed by atoms with Crippen LogP contribution in [-0.2, 0) is 32.2 Å². The molecule has 5 N–H and O–H groups in total. The number of anilines is 1. The number of hydrogen-bond donors (Lipinski definition) is 4. The van der Waals surface area contributed by atoms with Crippen LogP contribution in [0.5, 0.6) is 0 Å². The molecule has 228 valence electrons. The Bertz CT molecular complexity index is 1540. The lowest BCUT2D eigenvalue weighted by molar-refractivity contribution is -0.201. The predicted octanol–water partition coefficient (Wildman–Crippen LogP) is 3.21. The van der Waals surface area contributed by atoms with Crippen LogP contribution in [0.15, 0.2) is 60.5 Å². The van der Waals surface area contributed by atoms with E-state index in [1.54, 1.807) is 12.2 Å². The fraction of sp³-hybridized carbons (Fsp3) is 0.529. The highest BCUT2D eigenvalue weighted by Gasteiger charge is 2.75. The van der Waals surface area contributed by atoms with Gasteiger partial charge in [0.2, 0.25) is 0 Å². The topological polar surface area (TPSA) is 144 Å². The summed E-state index contributed by atoms with van der Waals surface area (Å²) >= 11 is 0. The molecule has 0 radical (unpaired) electrons. The van der Waals surface area contributed by atoms with Crippen LogP contribution in [-0.4, -0.2) is 55.9 Å². The van der Waals surface area contributed by atoms with Crippen LogP contribution < -0.4 is 5.73 Å². The van der Waals surface area contributed by atoms with Crippen molar-refractivity contribution >= 4 is 17.3 Å². The summed E-state index contributed by atoms with van der Waals surface area (Å²) in [5.41, 5.74) is 7.64. The van der Waals surface area contributed by atoms with Crippen molar-refractivity contribution in [3.05, 3.63) is 77.2 Å². The van der Waals surface area contributed by atoms with Gasteiger partial charge in [-0.25, -0.2) is 0 Å². The number of nitrogens with two attached hydrogens (primary N) is 1. The molecular formula is C34H40N2O7. The first-order valence-corrected chi connectivity index (χ1v) is 15.3. The van der Waals surface area contributed by atoms with E-state index in [9.17, 15) is 24.9 Å². The van der Waals surface area contributed by atoms with Crippen molar-refractivity contribution in [1.82, 2.24) is 4.57 Å². The van der Waals surface area contributed by atoms with E-state index in [0.717, 1.165) is 35.1 Å². The number of nitrogen functional groups attached to an aromatic ring is 1. The summed E-state index contributed by atoms with van der Waals surface area (Å²) < 4.78 is 15.2. The first kappa shape index (κ1) is 28.7. The Morgan fingerprint density at radius 1 is 1.21 bits per heavy atom. The van der Waals surface area contributed by atoms with Gasteiger partial charge in [-0.15, -0.1) is 0 Å². The minimum atomic E-state index is -1.39. The predicted molar refractivity (Wildman–Crippen MR) is 157 cm³/mol. The molecule has 1 aliphatic heterocycles. The van der Waals surface area contributed by atoms with Crippen LogP contribution in [0.25, 0.3) is 0 Å². The Kier molecular flexibility index (Phi) is 6.65. The zero-order valence-electron chi connectivity index (χ0n) is 24.6. The summed E-state index contributed by atoms with van der Waals surface area (Å²) in [6, 6.07) is 7.36. The molecule has 0 unspecified atom stereocenters. The van der Waals surface area contributed by atoms with E-state index in [4.69, 9.17) is 15.2 Å². The molecule has 7 rings (SSSR count). The number of Topliss-reactive ketones (excluding diaryl/α,β-unsaturated/α-hetero) is 1. The number of hydrogen-bond acceptors (Lipinski definition) is 8. The summed E-state index contributed by atoms with van der Waals surface area (Å²) in [7, 11) is 0. The molecule has 1 aromatic heterocycles. The van der Waals surface area contributed by atoms with Crippen LogP contribution in [0.3, 0.4) is 0 Å². The number of ketones is 2. The van der Waals surface area contributed by atoms with Gasteiger partial charge in [-0.3, -0.25) is 9.59 Å². The van der Waals surface area contributed by atoms with E-state index in [1.165, 1.54) is 0 Å². The maximum Gasteiger partial charge on any atom is 0.193 e. The van der Waals surface area contributed by atoms with Crippen molar-refractivity contribution in [2.45, 2.75) is 76.8 Å². The van der Waals surface area contributed by atoms with Crippen LogP contribution in [0.1, 0.15) is 62.5 Å². The van der Waals surface area contributed by atoms with Crippen LogP contribution in [0.2, 0.25) is 0 Å². The van der Waals surface area contributed by atoms with Gasteiger partial charge in [-0.2, -0.15) is 0 Å². The summed E-state index contributed by atoms with van der Waals surface area (Å²) in [4.78, 5) is 25.9. The minimum absolute atomic E-state index is 0.00768. The summed E-state index contributed by atoms with van der Waals surface area (Å²) in [5.74, 6) is -0.368. The van der Waals surface area contributed by atoms with Gasteiger partial charge in [0.15, 0.2) is 23.5 Å². The molecule has 2 heterocycles. The third-order valence-corrected chi connectivity index (χ3v) is 11.7. The van der Waals surface area contributed by atoms with Gasteiger partial charge in [0.05, 0.1) is 18.8 Å². The molecule has 0 spiro atoms. The Morgan fingerprint density at radius 3 is 2.79 bits per heavy atom. The lowest BCUT2D eigenvalue weighted by Gasteiger charge is -2.59. The maximum atomic E-state index is 13.8. The largest absolute Gasteiger partial charge is 0.398 e. The summed E-state index contributed by atoms with van der Waals surface area (Å²) in [6.45, 7) is 3.81. The Hall–Kier alpha value is -3.08. The van der Waals surface area contributed by atoms with Crippen LogP contribution in [0, 0.1) is 28.6 Å². The molecule has 43 heavy (non-hydrogen) atoms. The average Bonchev–Trinajstić information content (AvgIpc) is 3.66. The molecule has 0 bridgehead atoms. The number of ether oxygens (including phenoxy) is 2. The molecule has 1 saturated heterocycles. The molecule has 9 heteroatoms. The van der Waals surface area contributed by atoms with Crippen molar-refractivity contribution in [3.8, 4) is 0 Å². The number of carbonyl (C=O) groups is 2. The van der Waals surface area contributed by atoms with E-state index >= 15 is 0 Å². The molecule has 4 aliphatic carbocycles. The number of allylic oxidation sites excluding steroid dienone is 4. The van der Waals surface area contributed by atoms with E-state index in [0.29, 0.717) is 25.1 Å². The van der Waals surface area contributed by atoms with E-state index in [2.05, 4.69) is 6.92 Å². The molecule has 9 nitrogen and oxygen atoms in total. The molecular weight excluding hydrogens is 548 g/mol. The number of aromatic nitrogens is 1. The minimum Gasteiger partial charge on any atom is -0.398 e. The number of aliphatic hydroxyl groups excluding tert-OH is 3. The van der Waals surface area contributed by atoms with Gasteiger partial charge >= 0.3 is 0 Å². The fourth-order valence-corrected chi connectivity index (χ4v) is 9.71. The Labute approximate surface area is 251 Å². The van der Waals surface area contributed by atoms with E-state index in [-0.39, 0.29) is 30.1 Å². The second-order valence-electron chi connectivity index (χ2n) is 13.6. The lowest BCUT2D eigenvalue weighted by Crippen LogP contribution is -2.63. The fourth-order valence-electron chi connectivity index (χ4n) is 9.71. The number of benzene rings is 1. The van der Waals surface area contributed by atoms with Gasteiger partial charge in [0.1, 0.15) is 6.61 Å². The van der Waals surface area contributed by atoms with Gasteiger partial charge in [0, 0.05) is 52.5 Å². The number of rotatable bonds is 6. The van der Waals surface area contributed by atoms with Crippen molar-refractivity contribution < 1.29 is 34.4 Å². The first-order chi connectivity index (χ1) is 20.6. The van der Waals surface area contributed by atoms with Crippen LogP contribution in [0.4, 0.5) is 5.69 Å². The number of nitrogens with zero attached hydrogens (tertiary/aromatic N) is 1. The molecule has 9 atom stereocenters. The highest BCUT2D eigenvalue weighted by Crippen LogP contribution is 2.70. The van der Waals surface area contributed by atoms with Crippen LogP contribution >= 0.6 is 0 Å². The number of fused-ring (bicyclic) bond motifs is 7. The van der Waals surface area contributed by atoms with E-state index in [1.807, 2.05) is 54.2 Å². The Balaban J connectivity index is 1.19. The Morgan fingerprint density at radius 2 is 2.02 bits per heavy atom. The highest BCUT2D eigenvalue weighted by atomic mass is 16.7. The van der Waals surface area contributed by atoms with E-state index < -0.39 is 47.3 Å². The normalized spacial score (nSPS) is 39.6. The maximum absolute atomic E-state index is 13.8. The second kappa shape index (κ2) is 9.97. The molecule has 0 amide bonds. The SMILES string of the molecule is C[C@]12C=CC(=O)C=C1CC[C@@H]1[C@@H]2[C@@H](O)C[C@@]2(C)[C@H]1C[C@H]1O[C@@H](c3ccn(Cc4c(N)cccc4CO)c3)O[C@]12C(=O)CO. The molecule has 2 aromatic rings. The molecule has 3 saturated carbocycles. The average molecular weight is 589 g/mol. The quantitative estimate of drug-likeness (QED) is 0.377. The standard InChI is InChI=1S/C34H40N2O7/c1-32-10-8-22(39)12-21(32)6-7-23-25-13-29-34(28(41)18-38,33(25,2)14-27(40)30(23)32)43-31(42-29)19-9-11-36(15-19)16-24-20(17-37)4-3-5-26(24)35/h3-5,8-12,15,23,25,27,29-31,37-38,40H,6-7,13-14,16-18,35H2,1-2H3/t23-,25-,27-,29+,30+,31+,32-,33-,34+/m0/s1. The van der Waals surface area contributed by atoms with Crippen molar-refractivity contribution in [1.29, 1.82) is 0 Å². The second-order valence-corrected chi connectivity index (χ2v) is 13.6. The van der Waals surface area contributed by atoms with Gasteiger partial charge in [-0.1, -0.05) is 37.6 Å². The number of carbonyl (C=O) groups excluding carboxylic acids is 2. The molecule has 4 fully saturated rings. The lowest BCUT2D eigenvalue weighted by atomic mass is 9.46. The van der Waals surface area contributed by atoms with Crippen molar-refractivity contribution in [3.63, 3.8) is 0 Å².